The lowest BCUT2D eigenvalue weighted by Gasteiger charge is -2.26. The molecule has 7 nitrogen and oxygen atoms in total. The molecule has 1 aromatic rings. The Balaban J connectivity index is 2.07. The molecule has 0 aliphatic heterocycles. The molecule has 2 rings (SSSR count). The largest absolute Gasteiger partial charge is 0.460 e. The van der Waals surface area contributed by atoms with Crippen LogP contribution in [-0.4, -0.2) is 41.1 Å². The highest BCUT2D eigenvalue weighted by molar-refractivity contribution is 5.88. The molecule has 1 saturated carbocycles. The highest BCUT2D eigenvalue weighted by Crippen LogP contribution is 2.34. The Morgan fingerprint density at radius 2 is 1.65 bits per heavy atom. The first kappa shape index (κ1) is 27.8. The number of carbonyl (C=O) groups is 3. The molecule has 1 aliphatic carbocycles. The Kier molecular flexibility index (Phi) is 9.68. The second-order valence-corrected chi connectivity index (χ2v) is 11.3. The lowest BCUT2D eigenvalue weighted by atomic mass is 9.94. The third-order valence-corrected chi connectivity index (χ3v) is 5.64. The van der Waals surface area contributed by atoms with Gasteiger partial charge >= 0.3 is 11.9 Å². The zero-order valence-corrected chi connectivity index (χ0v) is 21.6. The van der Waals surface area contributed by atoms with Gasteiger partial charge in [-0.25, -0.2) is 4.79 Å². The number of esters is 2. The third-order valence-electron chi connectivity index (χ3n) is 5.64. The van der Waals surface area contributed by atoms with Gasteiger partial charge in [0.05, 0.1) is 6.04 Å². The van der Waals surface area contributed by atoms with Crippen LogP contribution in [0.3, 0.4) is 0 Å². The maximum atomic E-state index is 12.9. The van der Waals surface area contributed by atoms with Crippen molar-refractivity contribution < 1.29 is 23.9 Å². The topological polar surface area (TPSA) is 108 Å². The smallest absolute Gasteiger partial charge is 0.329 e. The van der Waals surface area contributed by atoms with Crippen molar-refractivity contribution in [1.29, 1.82) is 0 Å². The van der Waals surface area contributed by atoms with E-state index in [0.29, 0.717) is 12.3 Å². The minimum Gasteiger partial charge on any atom is -0.460 e. The summed E-state index contributed by atoms with van der Waals surface area (Å²) >= 11 is 0. The average molecular weight is 475 g/mol. The van der Waals surface area contributed by atoms with Crippen molar-refractivity contribution in [2.45, 2.75) is 116 Å². The van der Waals surface area contributed by atoms with Gasteiger partial charge in [0.15, 0.2) is 0 Å². The SMILES string of the molecule is CC(C)(C)OC(=O)CC[C@H](N)C(=O)N[C@@H](Cc1cccc(C2CCCC2)c1)C(=O)OC(C)(C)C. The molecule has 3 N–H and O–H groups in total. The molecule has 1 fully saturated rings. The second kappa shape index (κ2) is 11.8. The van der Waals surface area contributed by atoms with Crippen LogP contribution in [0.25, 0.3) is 0 Å². The molecule has 7 heteroatoms. The van der Waals surface area contributed by atoms with Crippen molar-refractivity contribution in [3.05, 3.63) is 35.4 Å². The molecule has 0 saturated heterocycles. The van der Waals surface area contributed by atoms with E-state index in [4.69, 9.17) is 15.2 Å². The fourth-order valence-corrected chi connectivity index (χ4v) is 4.11. The normalized spacial score (nSPS) is 16.6. The predicted molar refractivity (Wildman–Crippen MR) is 132 cm³/mol. The van der Waals surface area contributed by atoms with Gasteiger partial charge in [0, 0.05) is 12.8 Å². The first-order valence-electron chi connectivity index (χ1n) is 12.3. The quantitative estimate of drug-likeness (QED) is 0.520. The Labute approximate surface area is 204 Å². The van der Waals surface area contributed by atoms with Gasteiger partial charge in [0.25, 0.3) is 0 Å². The van der Waals surface area contributed by atoms with Gasteiger partial charge in [0.2, 0.25) is 5.91 Å². The summed E-state index contributed by atoms with van der Waals surface area (Å²) in [6, 6.07) is 6.41. The molecule has 34 heavy (non-hydrogen) atoms. The summed E-state index contributed by atoms with van der Waals surface area (Å²) in [5.74, 6) is -0.864. The summed E-state index contributed by atoms with van der Waals surface area (Å²) in [6.45, 7) is 10.7. The van der Waals surface area contributed by atoms with Crippen LogP contribution in [0.4, 0.5) is 0 Å². The van der Waals surface area contributed by atoms with E-state index in [1.807, 2.05) is 12.1 Å². The van der Waals surface area contributed by atoms with Crippen LogP contribution in [0.5, 0.6) is 0 Å². The molecule has 0 aromatic heterocycles. The third kappa shape index (κ3) is 9.84. The Morgan fingerprint density at radius 3 is 2.24 bits per heavy atom. The lowest BCUT2D eigenvalue weighted by Crippen LogP contribution is -2.51. The van der Waals surface area contributed by atoms with Crippen molar-refractivity contribution in [1.82, 2.24) is 5.32 Å². The highest BCUT2D eigenvalue weighted by atomic mass is 16.6. The molecule has 1 aromatic carbocycles. The average Bonchev–Trinajstić information content (AvgIpc) is 3.24. The van der Waals surface area contributed by atoms with Gasteiger partial charge in [-0.2, -0.15) is 0 Å². The molecule has 0 radical (unpaired) electrons. The predicted octanol–water partition coefficient (Wildman–Crippen LogP) is 4.16. The number of nitrogens with two attached hydrogens (primary N) is 1. The minimum absolute atomic E-state index is 0.0202. The van der Waals surface area contributed by atoms with Crippen LogP contribution in [0.15, 0.2) is 24.3 Å². The van der Waals surface area contributed by atoms with E-state index < -0.39 is 41.1 Å². The monoisotopic (exact) mass is 474 g/mol. The number of rotatable bonds is 9. The molecular formula is C27H42N2O5. The number of ether oxygens (including phenoxy) is 2. The first-order chi connectivity index (χ1) is 15.7. The van der Waals surface area contributed by atoms with E-state index in [9.17, 15) is 14.4 Å². The van der Waals surface area contributed by atoms with Crippen LogP contribution in [0, 0.1) is 0 Å². The summed E-state index contributed by atoms with van der Waals surface area (Å²) in [5, 5.41) is 2.76. The summed E-state index contributed by atoms with van der Waals surface area (Å²) in [6.07, 6.45) is 5.30. The van der Waals surface area contributed by atoms with Gasteiger partial charge in [0.1, 0.15) is 17.2 Å². The standard InChI is InChI=1S/C27H42N2O5/c1-26(2,3)33-23(30)15-14-21(28)24(31)29-22(25(32)34-27(4,5)6)17-18-10-9-13-20(16-18)19-11-7-8-12-19/h9-10,13,16,19,21-22H,7-8,11-12,14-15,17,28H2,1-6H3,(H,29,31)/t21-,22-/m0/s1. The van der Waals surface area contributed by atoms with Gasteiger partial charge in [-0.05, 0) is 77.8 Å². The van der Waals surface area contributed by atoms with E-state index in [0.717, 1.165) is 5.56 Å². The van der Waals surface area contributed by atoms with E-state index in [1.165, 1.54) is 31.2 Å². The fraction of sp³-hybridized carbons (Fsp3) is 0.667. The number of nitrogens with one attached hydrogen (secondary N) is 1. The van der Waals surface area contributed by atoms with E-state index >= 15 is 0 Å². The number of carbonyl (C=O) groups excluding carboxylic acids is 3. The maximum Gasteiger partial charge on any atom is 0.329 e. The summed E-state index contributed by atoms with van der Waals surface area (Å²) < 4.78 is 10.8. The van der Waals surface area contributed by atoms with Crippen LogP contribution in [-0.2, 0) is 30.3 Å². The molecule has 0 heterocycles. The summed E-state index contributed by atoms with van der Waals surface area (Å²) in [7, 11) is 0. The van der Waals surface area contributed by atoms with Gasteiger partial charge in [-0.1, -0.05) is 37.1 Å². The minimum atomic E-state index is -0.942. The molecule has 1 aliphatic rings. The van der Waals surface area contributed by atoms with Crippen molar-refractivity contribution in [2.75, 3.05) is 0 Å². The number of amides is 1. The number of hydrogen-bond donors (Lipinski definition) is 2. The molecule has 1 amide bonds. The molecule has 0 unspecified atom stereocenters. The summed E-state index contributed by atoms with van der Waals surface area (Å²) in [4.78, 5) is 37.7. The zero-order chi connectivity index (χ0) is 25.5. The second-order valence-electron chi connectivity index (χ2n) is 11.3. The maximum absolute atomic E-state index is 12.9. The van der Waals surface area contributed by atoms with Crippen molar-refractivity contribution in [2.24, 2.45) is 5.73 Å². The van der Waals surface area contributed by atoms with Crippen LogP contribution in [0.1, 0.15) is 97.1 Å². The fourth-order valence-electron chi connectivity index (χ4n) is 4.11. The first-order valence-corrected chi connectivity index (χ1v) is 12.3. The van der Waals surface area contributed by atoms with Crippen LogP contribution < -0.4 is 11.1 Å². The van der Waals surface area contributed by atoms with E-state index in [-0.39, 0.29) is 12.8 Å². The lowest BCUT2D eigenvalue weighted by molar-refractivity contribution is -0.159. The number of benzene rings is 1. The van der Waals surface area contributed by atoms with Gasteiger partial charge < -0.3 is 20.5 Å². The Morgan fingerprint density at radius 1 is 1.03 bits per heavy atom. The van der Waals surface area contributed by atoms with Crippen LogP contribution >= 0.6 is 0 Å². The molecular weight excluding hydrogens is 432 g/mol. The number of hydrogen-bond acceptors (Lipinski definition) is 6. The molecule has 190 valence electrons. The summed E-state index contributed by atoms with van der Waals surface area (Å²) in [5.41, 5.74) is 6.98. The van der Waals surface area contributed by atoms with Crippen molar-refractivity contribution in [3.63, 3.8) is 0 Å². The zero-order valence-electron chi connectivity index (χ0n) is 21.6. The van der Waals surface area contributed by atoms with Gasteiger partial charge in [-0.3, -0.25) is 9.59 Å². The van der Waals surface area contributed by atoms with Crippen LogP contribution in [0.2, 0.25) is 0 Å². The van der Waals surface area contributed by atoms with Crippen molar-refractivity contribution >= 4 is 17.8 Å². The molecule has 2 atom stereocenters. The van der Waals surface area contributed by atoms with Gasteiger partial charge in [-0.15, -0.1) is 0 Å². The Bertz CT molecular complexity index is 847. The molecule has 0 spiro atoms. The molecule has 0 bridgehead atoms. The van der Waals surface area contributed by atoms with E-state index in [2.05, 4.69) is 17.4 Å². The van der Waals surface area contributed by atoms with E-state index in [1.54, 1.807) is 41.5 Å². The van der Waals surface area contributed by atoms with Crippen molar-refractivity contribution in [3.8, 4) is 0 Å². The highest BCUT2D eigenvalue weighted by Gasteiger charge is 2.29. The Hall–Kier alpha value is -2.41.